The number of amides is 1. The largest absolute Gasteiger partial charge is 0.383 e. The minimum atomic E-state index is -0.451. The lowest BCUT2D eigenvalue weighted by Crippen LogP contribution is -2.46. The number of hydrogen-bond acceptors (Lipinski definition) is 4. The van der Waals surface area contributed by atoms with Gasteiger partial charge >= 0.3 is 0 Å². The van der Waals surface area contributed by atoms with Crippen molar-refractivity contribution < 1.29 is 9.53 Å². The van der Waals surface area contributed by atoms with Crippen molar-refractivity contribution in [3.8, 4) is 0 Å². The van der Waals surface area contributed by atoms with Crippen molar-refractivity contribution in [1.29, 1.82) is 0 Å². The van der Waals surface area contributed by atoms with E-state index in [2.05, 4.69) is 4.90 Å². The first-order chi connectivity index (χ1) is 10.7. The van der Waals surface area contributed by atoms with Gasteiger partial charge < -0.3 is 15.4 Å². The van der Waals surface area contributed by atoms with Crippen molar-refractivity contribution in [2.45, 2.75) is 18.9 Å². The number of benzene rings is 1. The smallest absolute Gasteiger partial charge is 0.239 e. The van der Waals surface area contributed by atoms with Crippen LogP contribution < -0.4 is 5.73 Å². The van der Waals surface area contributed by atoms with E-state index in [-0.39, 0.29) is 5.91 Å². The van der Waals surface area contributed by atoms with Crippen LogP contribution in [0.3, 0.4) is 0 Å². The molecule has 0 saturated carbocycles. The van der Waals surface area contributed by atoms with E-state index in [1.54, 1.807) is 7.11 Å². The van der Waals surface area contributed by atoms with Crippen LogP contribution >= 0.6 is 0 Å². The average molecular weight is 305 g/mol. The van der Waals surface area contributed by atoms with Crippen molar-refractivity contribution in [2.24, 2.45) is 5.73 Å². The third-order valence-electron chi connectivity index (χ3n) is 4.13. The Kier molecular flexibility index (Phi) is 6.83. The first kappa shape index (κ1) is 16.9. The Labute approximate surface area is 133 Å². The van der Waals surface area contributed by atoms with Gasteiger partial charge in [0, 0.05) is 33.3 Å². The first-order valence-corrected chi connectivity index (χ1v) is 8.00. The molecule has 0 aromatic heterocycles. The zero-order valence-corrected chi connectivity index (χ0v) is 13.4. The summed E-state index contributed by atoms with van der Waals surface area (Å²) in [5, 5.41) is 0. The fourth-order valence-electron chi connectivity index (χ4n) is 2.83. The molecule has 122 valence electrons. The topological polar surface area (TPSA) is 58.8 Å². The van der Waals surface area contributed by atoms with Crippen molar-refractivity contribution in [3.05, 3.63) is 35.9 Å². The van der Waals surface area contributed by atoms with E-state index in [9.17, 15) is 4.79 Å². The molecule has 1 aliphatic heterocycles. The van der Waals surface area contributed by atoms with Crippen LogP contribution in [0.1, 0.15) is 12.0 Å². The summed E-state index contributed by atoms with van der Waals surface area (Å²) in [6.07, 6.45) is 1.59. The van der Waals surface area contributed by atoms with Crippen LogP contribution in [0.2, 0.25) is 0 Å². The van der Waals surface area contributed by atoms with E-state index in [4.69, 9.17) is 10.5 Å². The number of ether oxygens (including phenoxy) is 1. The molecule has 0 spiro atoms. The molecule has 1 aliphatic rings. The van der Waals surface area contributed by atoms with Crippen molar-refractivity contribution in [2.75, 3.05) is 46.4 Å². The standard InChI is InChI=1S/C17H27N3O2/c1-22-13-12-19-8-5-9-20(11-10-19)17(21)16(18)14-15-6-3-2-4-7-15/h2-4,6-7,16H,5,8-14,18H2,1H3/t16-/m0/s1. The molecule has 1 aromatic carbocycles. The molecular weight excluding hydrogens is 278 g/mol. The van der Waals surface area contributed by atoms with E-state index >= 15 is 0 Å². The highest BCUT2D eigenvalue weighted by Gasteiger charge is 2.23. The number of carbonyl (C=O) groups is 1. The highest BCUT2D eigenvalue weighted by atomic mass is 16.5. The van der Waals surface area contributed by atoms with Gasteiger partial charge in [-0.3, -0.25) is 9.69 Å². The predicted octanol–water partition coefficient (Wildman–Crippen LogP) is 0.737. The lowest BCUT2D eigenvalue weighted by atomic mass is 10.1. The Morgan fingerprint density at radius 2 is 2.00 bits per heavy atom. The van der Waals surface area contributed by atoms with Gasteiger partial charge in [-0.1, -0.05) is 30.3 Å². The maximum atomic E-state index is 12.5. The number of nitrogens with zero attached hydrogens (tertiary/aromatic N) is 2. The quantitative estimate of drug-likeness (QED) is 0.842. The summed E-state index contributed by atoms with van der Waals surface area (Å²) in [6.45, 7) is 5.13. The van der Waals surface area contributed by atoms with Crippen LogP contribution in [0.25, 0.3) is 0 Å². The fraction of sp³-hybridized carbons (Fsp3) is 0.588. The third kappa shape index (κ3) is 5.09. The molecule has 1 heterocycles. The van der Waals surface area contributed by atoms with Gasteiger partial charge in [-0.15, -0.1) is 0 Å². The van der Waals surface area contributed by atoms with Gasteiger partial charge in [-0.25, -0.2) is 0 Å². The summed E-state index contributed by atoms with van der Waals surface area (Å²) in [4.78, 5) is 16.8. The second-order valence-electron chi connectivity index (χ2n) is 5.81. The van der Waals surface area contributed by atoms with Gasteiger partial charge in [0.05, 0.1) is 12.6 Å². The zero-order valence-electron chi connectivity index (χ0n) is 13.4. The number of hydrogen-bond donors (Lipinski definition) is 1. The summed E-state index contributed by atoms with van der Waals surface area (Å²) < 4.78 is 5.12. The monoisotopic (exact) mass is 305 g/mol. The van der Waals surface area contributed by atoms with Crippen LogP contribution in [0, 0.1) is 0 Å². The Morgan fingerprint density at radius 3 is 2.73 bits per heavy atom. The van der Waals surface area contributed by atoms with E-state index < -0.39 is 6.04 Å². The summed E-state index contributed by atoms with van der Waals surface area (Å²) >= 11 is 0. The SMILES string of the molecule is COCCN1CCCN(C(=O)[C@@H](N)Cc2ccccc2)CC1. The Morgan fingerprint density at radius 1 is 1.23 bits per heavy atom. The Hall–Kier alpha value is -1.43. The molecule has 22 heavy (non-hydrogen) atoms. The number of nitrogens with two attached hydrogens (primary N) is 1. The molecule has 1 saturated heterocycles. The van der Waals surface area contributed by atoms with Crippen LogP contribution in [-0.2, 0) is 16.0 Å². The summed E-state index contributed by atoms with van der Waals surface area (Å²) in [5.74, 6) is 0.0671. The van der Waals surface area contributed by atoms with Gasteiger partial charge in [0.1, 0.15) is 0 Å². The van der Waals surface area contributed by atoms with Crippen molar-refractivity contribution >= 4 is 5.91 Å². The van der Waals surface area contributed by atoms with Crippen LogP contribution in [-0.4, -0.2) is 68.2 Å². The maximum absolute atomic E-state index is 12.5. The highest BCUT2D eigenvalue weighted by molar-refractivity contribution is 5.82. The van der Waals surface area contributed by atoms with E-state index in [0.717, 1.165) is 51.3 Å². The van der Waals surface area contributed by atoms with Gasteiger partial charge in [0.25, 0.3) is 0 Å². The molecule has 0 radical (unpaired) electrons. The predicted molar refractivity (Wildman–Crippen MR) is 87.6 cm³/mol. The van der Waals surface area contributed by atoms with Crippen molar-refractivity contribution in [3.63, 3.8) is 0 Å². The highest BCUT2D eigenvalue weighted by Crippen LogP contribution is 2.08. The molecule has 1 fully saturated rings. The van der Waals surface area contributed by atoms with Crippen LogP contribution in [0.5, 0.6) is 0 Å². The fourth-order valence-corrected chi connectivity index (χ4v) is 2.83. The Bertz CT molecular complexity index is 452. The molecule has 5 nitrogen and oxygen atoms in total. The number of methoxy groups -OCH3 is 1. The molecule has 0 aliphatic carbocycles. The molecule has 2 rings (SSSR count). The minimum Gasteiger partial charge on any atom is -0.383 e. The van der Waals surface area contributed by atoms with Gasteiger partial charge in [-0.2, -0.15) is 0 Å². The van der Waals surface area contributed by atoms with E-state index in [1.807, 2.05) is 35.2 Å². The van der Waals surface area contributed by atoms with E-state index in [0.29, 0.717) is 6.42 Å². The molecule has 1 aromatic rings. The molecule has 0 bridgehead atoms. The number of rotatable bonds is 6. The van der Waals surface area contributed by atoms with Gasteiger partial charge in [0.2, 0.25) is 5.91 Å². The molecule has 0 unspecified atom stereocenters. The van der Waals surface area contributed by atoms with Gasteiger partial charge in [0.15, 0.2) is 0 Å². The third-order valence-corrected chi connectivity index (χ3v) is 4.13. The molecular formula is C17H27N3O2. The van der Waals surface area contributed by atoms with Crippen molar-refractivity contribution in [1.82, 2.24) is 9.80 Å². The molecule has 5 heteroatoms. The maximum Gasteiger partial charge on any atom is 0.239 e. The number of carbonyl (C=O) groups excluding carboxylic acids is 1. The zero-order chi connectivity index (χ0) is 15.8. The molecule has 1 amide bonds. The summed E-state index contributed by atoms with van der Waals surface area (Å²) in [7, 11) is 1.72. The van der Waals surface area contributed by atoms with E-state index in [1.165, 1.54) is 0 Å². The second-order valence-corrected chi connectivity index (χ2v) is 5.81. The lowest BCUT2D eigenvalue weighted by molar-refractivity contribution is -0.132. The second kappa shape index (κ2) is 8.88. The minimum absolute atomic E-state index is 0.0671. The summed E-state index contributed by atoms with van der Waals surface area (Å²) in [5.41, 5.74) is 7.23. The summed E-state index contributed by atoms with van der Waals surface area (Å²) in [6, 6.07) is 9.51. The first-order valence-electron chi connectivity index (χ1n) is 8.00. The molecule has 1 atom stereocenters. The lowest BCUT2D eigenvalue weighted by Gasteiger charge is -2.24. The Balaban J connectivity index is 1.84. The van der Waals surface area contributed by atoms with Gasteiger partial charge in [-0.05, 0) is 24.9 Å². The van der Waals surface area contributed by atoms with Crippen LogP contribution in [0.15, 0.2) is 30.3 Å². The normalized spacial score (nSPS) is 18.0. The average Bonchev–Trinajstić information content (AvgIpc) is 2.78. The van der Waals surface area contributed by atoms with Crippen LogP contribution in [0.4, 0.5) is 0 Å². The molecule has 2 N–H and O–H groups in total.